The molecule has 1 aliphatic rings. The molecule has 0 radical (unpaired) electrons. The van der Waals surface area contributed by atoms with E-state index in [2.05, 4.69) is 36.2 Å². The van der Waals surface area contributed by atoms with Crippen molar-refractivity contribution in [2.24, 2.45) is 0 Å². The van der Waals surface area contributed by atoms with Gasteiger partial charge in [-0.2, -0.15) is 0 Å². The maximum absolute atomic E-state index is 12.4. The van der Waals surface area contributed by atoms with Gasteiger partial charge < -0.3 is 24.3 Å². The van der Waals surface area contributed by atoms with Gasteiger partial charge in [0.2, 0.25) is 5.91 Å². The highest BCUT2D eigenvalue weighted by Crippen LogP contribution is 2.37. The number of fused-ring (bicyclic) bond motifs is 1. The summed E-state index contributed by atoms with van der Waals surface area (Å²) >= 11 is 0. The third kappa shape index (κ3) is 4.32. The number of piperidine rings is 1. The zero-order valence-electron chi connectivity index (χ0n) is 19.7. The van der Waals surface area contributed by atoms with Crippen LogP contribution in [0.2, 0.25) is 0 Å². The van der Waals surface area contributed by atoms with Crippen LogP contribution in [0.4, 0.5) is 0 Å². The molecular weight excluding hydrogens is 402 g/mol. The van der Waals surface area contributed by atoms with Crippen LogP contribution in [-0.2, 0) is 4.79 Å². The second-order valence-corrected chi connectivity index (χ2v) is 8.89. The number of ether oxygens (including phenoxy) is 2. The van der Waals surface area contributed by atoms with E-state index in [1.807, 2.05) is 36.0 Å². The van der Waals surface area contributed by atoms with Crippen LogP contribution in [0, 0.1) is 6.92 Å². The number of benzene rings is 2. The number of aryl methyl sites for hydroxylation is 1. The van der Waals surface area contributed by atoms with Gasteiger partial charge in [-0.1, -0.05) is 6.07 Å². The predicted molar refractivity (Wildman–Crippen MR) is 129 cm³/mol. The number of aromatic amines is 1. The van der Waals surface area contributed by atoms with Gasteiger partial charge in [0.1, 0.15) is 0 Å². The first-order chi connectivity index (χ1) is 15.4. The molecule has 3 aromatic rings. The summed E-state index contributed by atoms with van der Waals surface area (Å²) in [6.45, 7) is 4.31. The first-order valence-electron chi connectivity index (χ1n) is 11.2. The number of nitrogens with one attached hydrogen (secondary N) is 1. The van der Waals surface area contributed by atoms with Crippen LogP contribution >= 0.6 is 0 Å². The van der Waals surface area contributed by atoms with Gasteiger partial charge in [0.25, 0.3) is 0 Å². The monoisotopic (exact) mass is 435 g/mol. The standard InChI is InChI=1S/C26H33N3O3/c1-17-21-14-19(18-10-12-29(13-11-18)25(30)16-28(2)3)6-8-22(21)27-26(17)20-7-9-23(31-4)24(15-20)32-5/h6-9,14-15,18,27H,10-13,16H2,1-5H3. The Balaban J connectivity index is 1.56. The van der Waals surface area contributed by atoms with Gasteiger partial charge in [0, 0.05) is 35.2 Å². The first kappa shape index (κ1) is 22.2. The number of carbonyl (C=O) groups is 1. The normalized spacial score (nSPS) is 14.9. The number of rotatable bonds is 6. The van der Waals surface area contributed by atoms with E-state index in [9.17, 15) is 4.79 Å². The molecule has 6 nitrogen and oxygen atoms in total. The molecule has 0 bridgehead atoms. The lowest BCUT2D eigenvalue weighted by Crippen LogP contribution is -2.42. The van der Waals surface area contributed by atoms with Crippen LogP contribution in [0.3, 0.4) is 0 Å². The lowest BCUT2D eigenvalue weighted by molar-refractivity contribution is -0.132. The number of nitrogens with zero attached hydrogens (tertiary/aromatic N) is 2. The molecule has 2 heterocycles. The molecule has 1 N–H and O–H groups in total. The van der Waals surface area contributed by atoms with Crippen LogP contribution in [0.5, 0.6) is 11.5 Å². The molecule has 170 valence electrons. The van der Waals surface area contributed by atoms with Crippen molar-refractivity contribution < 1.29 is 14.3 Å². The third-order valence-electron chi connectivity index (χ3n) is 6.53. The van der Waals surface area contributed by atoms with Crippen molar-refractivity contribution >= 4 is 16.8 Å². The van der Waals surface area contributed by atoms with Crippen LogP contribution in [0.1, 0.15) is 29.9 Å². The van der Waals surface area contributed by atoms with E-state index in [-0.39, 0.29) is 5.91 Å². The number of hydrogen-bond donors (Lipinski definition) is 1. The van der Waals surface area contributed by atoms with E-state index in [0.29, 0.717) is 12.5 Å². The molecule has 2 aromatic carbocycles. The van der Waals surface area contributed by atoms with Gasteiger partial charge in [-0.25, -0.2) is 0 Å². The number of hydrogen-bond acceptors (Lipinski definition) is 4. The van der Waals surface area contributed by atoms with Crippen molar-refractivity contribution in [3.05, 3.63) is 47.5 Å². The van der Waals surface area contributed by atoms with Gasteiger partial charge in [0.15, 0.2) is 11.5 Å². The molecule has 0 spiro atoms. The lowest BCUT2D eigenvalue weighted by Gasteiger charge is -2.33. The van der Waals surface area contributed by atoms with Crippen molar-refractivity contribution in [3.63, 3.8) is 0 Å². The fraction of sp³-hybridized carbons (Fsp3) is 0.423. The van der Waals surface area contributed by atoms with Crippen molar-refractivity contribution in [1.82, 2.24) is 14.8 Å². The summed E-state index contributed by atoms with van der Waals surface area (Å²) in [4.78, 5) is 19.9. The SMILES string of the molecule is COc1ccc(-c2[nH]c3ccc(C4CCN(C(=O)CN(C)C)CC4)cc3c2C)cc1OC. The Hall–Kier alpha value is -2.99. The zero-order valence-corrected chi connectivity index (χ0v) is 19.7. The fourth-order valence-corrected chi connectivity index (χ4v) is 4.71. The molecule has 1 aliphatic heterocycles. The van der Waals surface area contributed by atoms with E-state index in [0.717, 1.165) is 54.2 Å². The third-order valence-corrected chi connectivity index (χ3v) is 6.53. The molecule has 4 rings (SSSR count). The van der Waals surface area contributed by atoms with Crippen LogP contribution < -0.4 is 9.47 Å². The molecule has 1 fully saturated rings. The second-order valence-electron chi connectivity index (χ2n) is 8.89. The number of amides is 1. The molecular formula is C26H33N3O3. The minimum Gasteiger partial charge on any atom is -0.493 e. The fourth-order valence-electron chi connectivity index (χ4n) is 4.71. The molecule has 0 aliphatic carbocycles. The largest absolute Gasteiger partial charge is 0.493 e. The predicted octanol–water partition coefficient (Wildman–Crippen LogP) is 4.43. The maximum atomic E-state index is 12.4. The Morgan fingerprint density at radius 3 is 2.44 bits per heavy atom. The summed E-state index contributed by atoms with van der Waals surface area (Å²) in [6.07, 6.45) is 2.02. The van der Waals surface area contributed by atoms with Gasteiger partial charge >= 0.3 is 0 Å². The smallest absolute Gasteiger partial charge is 0.236 e. The second kappa shape index (κ2) is 9.25. The number of H-pyrrole nitrogens is 1. The minimum atomic E-state index is 0.227. The summed E-state index contributed by atoms with van der Waals surface area (Å²) in [7, 11) is 7.19. The van der Waals surface area contributed by atoms with Gasteiger partial charge in [-0.05, 0) is 81.2 Å². The number of likely N-dealkylation sites (tertiary alicyclic amines) is 1. The summed E-state index contributed by atoms with van der Waals surface area (Å²) in [5, 5.41) is 1.25. The number of aromatic nitrogens is 1. The van der Waals surface area contributed by atoms with E-state index in [4.69, 9.17) is 9.47 Å². The average Bonchev–Trinajstić information content (AvgIpc) is 3.14. The lowest BCUT2D eigenvalue weighted by atomic mass is 9.88. The number of likely N-dealkylation sites (N-methyl/N-ethyl adjacent to an activating group) is 1. The van der Waals surface area contributed by atoms with Gasteiger partial charge in [0.05, 0.1) is 20.8 Å². The Bertz CT molecular complexity index is 1110. The number of methoxy groups -OCH3 is 2. The van der Waals surface area contributed by atoms with Gasteiger partial charge in [-0.3, -0.25) is 4.79 Å². The van der Waals surface area contributed by atoms with E-state index in [1.165, 1.54) is 16.5 Å². The minimum absolute atomic E-state index is 0.227. The average molecular weight is 436 g/mol. The molecule has 1 aromatic heterocycles. The molecule has 1 amide bonds. The summed E-state index contributed by atoms with van der Waals surface area (Å²) in [5.41, 5.74) is 5.90. The summed E-state index contributed by atoms with van der Waals surface area (Å²) in [5.74, 6) is 2.16. The highest BCUT2D eigenvalue weighted by atomic mass is 16.5. The van der Waals surface area contributed by atoms with E-state index in [1.54, 1.807) is 14.2 Å². The van der Waals surface area contributed by atoms with Crippen LogP contribution in [-0.4, -0.2) is 68.6 Å². The topological polar surface area (TPSA) is 57.8 Å². The van der Waals surface area contributed by atoms with Crippen LogP contribution in [0.15, 0.2) is 36.4 Å². The highest BCUT2D eigenvalue weighted by Gasteiger charge is 2.24. The van der Waals surface area contributed by atoms with Crippen molar-refractivity contribution in [2.45, 2.75) is 25.7 Å². The molecule has 0 atom stereocenters. The summed E-state index contributed by atoms with van der Waals surface area (Å²) in [6, 6.07) is 12.8. The van der Waals surface area contributed by atoms with Gasteiger partial charge in [-0.15, -0.1) is 0 Å². The Morgan fingerprint density at radius 1 is 1.06 bits per heavy atom. The first-order valence-corrected chi connectivity index (χ1v) is 11.2. The molecule has 1 saturated heterocycles. The Labute approximate surface area is 190 Å². The van der Waals surface area contributed by atoms with E-state index < -0.39 is 0 Å². The summed E-state index contributed by atoms with van der Waals surface area (Å²) < 4.78 is 10.9. The van der Waals surface area contributed by atoms with Crippen molar-refractivity contribution in [2.75, 3.05) is 47.9 Å². The molecule has 32 heavy (non-hydrogen) atoms. The van der Waals surface area contributed by atoms with Crippen LogP contribution in [0.25, 0.3) is 22.2 Å². The van der Waals surface area contributed by atoms with Crippen molar-refractivity contribution in [3.8, 4) is 22.8 Å². The number of carbonyl (C=O) groups excluding carboxylic acids is 1. The Kier molecular flexibility index (Phi) is 6.42. The van der Waals surface area contributed by atoms with E-state index >= 15 is 0 Å². The molecule has 0 unspecified atom stereocenters. The van der Waals surface area contributed by atoms with Crippen molar-refractivity contribution in [1.29, 1.82) is 0 Å². The molecule has 0 saturated carbocycles. The highest BCUT2D eigenvalue weighted by molar-refractivity contribution is 5.91. The quantitative estimate of drug-likeness (QED) is 0.622. The maximum Gasteiger partial charge on any atom is 0.236 e. The molecule has 6 heteroatoms. The zero-order chi connectivity index (χ0) is 22.8. The Morgan fingerprint density at radius 2 is 1.78 bits per heavy atom.